The Balaban J connectivity index is 2.12. The SMILES string of the molecule is [B]c1c(OC)cccc1[C@@H](CCC)OCC1CO1. The van der Waals surface area contributed by atoms with Crippen LogP contribution in [0.2, 0.25) is 0 Å². The van der Waals surface area contributed by atoms with E-state index in [9.17, 15) is 0 Å². The van der Waals surface area contributed by atoms with Gasteiger partial charge in [0.05, 0.1) is 26.4 Å². The van der Waals surface area contributed by atoms with Gasteiger partial charge in [0.25, 0.3) is 0 Å². The van der Waals surface area contributed by atoms with E-state index in [4.69, 9.17) is 22.1 Å². The number of hydrogen-bond donors (Lipinski definition) is 0. The Hall–Kier alpha value is -0.995. The predicted octanol–water partition coefficient (Wildman–Crippen LogP) is 1.75. The molecule has 3 nitrogen and oxygen atoms in total. The van der Waals surface area contributed by atoms with Crippen LogP contribution in [0.25, 0.3) is 0 Å². The second-order valence-corrected chi connectivity index (χ2v) is 4.53. The van der Waals surface area contributed by atoms with Gasteiger partial charge in [-0.25, -0.2) is 0 Å². The molecule has 0 bridgehead atoms. The highest BCUT2D eigenvalue weighted by molar-refractivity contribution is 6.35. The van der Waals surface area contributed by atoms with E-state index in [1.165, 1.54) is 0 Å². The molecule has 1 aromatic rings. The lowest BCUT2D eigenvalue weighted by Crippen LogP contribution is -2.20. The average Bonchev–Trinajstić information content (AvgIpc) is 3.19. The molecule has 2 rings (SSSR count). The van der Waals surface area contributed by atoms with E-state index in [1.54, 1.807) is 7.11 Å². The third kappa shape index (κ3) is 3.27. The van der Waals surface area contributed by atoms with E-state index in [-0.39, 0.29) is 12.2 Å². The summed E-state index contributed by atoms with van der Waals surface area (Å²) in [6.45, 7) is 3.59. The minimum absolute atomic E-state index is 0.0225. The van der Waals surface area contributed by atoms with Crippen LogP contribution >= 0.6 is 0 Å². The fraction of sp³-hybridized carbons (Fsp3) is 0.571. The first kappa shape index (κ1) is 13.4. The molecule has 2 radical (unpaired) electrons. The number of rotatable bonds is 7. The van der Waals surface area contributed by atoms with Crippen LogP contribution in [0.15, 0.2) is 18.2 Å². The molecule has 1 unspecified atom stereocenters. The third-order valence-corrected chi connectivity index (χ3v) is 3.10. The highest BCUT2D eigenvalue weighted by atomic mass is 16.6. The van der Waals surface area contributed by atoms with Gasteiger partial charge in [-0.3, -0.25) is 0 Å². The van der Waals surface area contributed by atoms with Crippen LogP contribution in [0.3, 0.4) is 0 Å². The Morgan fingerprint density at radius 2 is 2.28 bits per heavy atom. The molecule has 0 amide bonds. The first-order valence-corrected chi connectivity index (χ1v) is 6.41. The molecule has 1 saturated heterocycles. The van der Waals surface area contributed by atoms with Crippen molar-refractivity contribution in [2.24, 2.45) is 0 Å². The summed E-state index contributed by atoms with van der Waals surface area (Å²) in [4.78, 5) is 0. The van der Waals surface area contributed by atoms with E-state index >= 15 is 0 Å². The molecule has 0 aliphatic carbocycles. The third-order valence-electron chi connectivity index (χ3n) is 3.10. The van der Waals surface area contributed by atoms with Crippen LogP contribution in [0.1, 0.15) is 31.4 Å². The molecular weight excluding hydrogens is 227 g/mol. The molecular formula is C14H19BO3. The van der Waals surface area contributed by atoms with Crippen molar-refractivity contribution in [3.63, 3.8) is 0 Å². The summed E-state index contributed by atoms with van der Waals surface area (Å²) in [7, 11) is 7.74. The lowest BCUT2D eigenvalue weighted by molar-refractivity contribution is 0.0364. The zero-order chi connectivity index (χ0) is 13.0. The van der Waals surface area contributed by atoms with Gasteiger partial charge in [0.1, 0.15) is 19.7 Å². The van der Waals surface area contributed by atoms with Crippen LogP contribution in [0.4, 0.5) is 0 Å². The molecule has 1 aliphatic rings. The van der Waals surface area contributed by atoms with Crippen LogP contribution in [-0.4, -0.2) is 34.3 Å². The zero-order valence-corrected chi connectivity index (χ0v) is 11.0. The summed E-state index contributed by atoms with van der Waals surface area (Å²) >= 11 is 0. The van der Waals surface area contributed by atoms with Gasteiger partial charge in [-0.05, 0) is 23.5 Å². The second kappa shape index (κ2) is 6.25. The number of epoxide rings is 1. The van der Waals surface area contributed by atoms with Crippen LogP contribution < -0.4 is 10.2 Å². The number of hydrogen-bond acceptors (Lipinski definition) is 3. The molecule has 1 heterocycles. The summed E-state index contributed by atoms with van der Waals surface area (Å²) in [5, 5.41) is 0. The van der Waals surface area contributed by atoms with Crippen molar-refractivity contribution in [1.82, 2.24) is 0 Å². The zero-order valence-electron chi connectivity index (χ0n) is 11.0. The maximum atomic E-state index is 6.11. The maximum absolute atomic E-state index is 6.11. The molecule has 2 atom stereocenters. The summed E-state index contributed by atoms with van der Waals surface area (Å²) in [6, 6.07) is 5.82. The minimum atomic E-state index is 0.0225. The smallest absolute Gasteiger partial charge is 0.119 e. The van der Waals surface area contributed by atoms with Crippen molar-refractivity contribution in [3.8, 4) is 5.75 Å². The summed E-state index contributed by atoms with van der Waals surface area (Å²) in [6.07, 6.45) is 2.29. The van der Waals surface area contributed by atoms with E-state index in [0.717, 1.165) is 25.0 Å². The van der Waals surface area contributed by atoms with E-state index in [2.05, 4.69) is 6.92 Å². The van der Waals surface area contributed by atoms with Gasteiger partial charge < -0.3 is 14.2 Å². The average molecular weight is 246 g/mol. The minimum Gasteiger partial charge on any atom is -0.497 e. The highest BCUT2D eigenvalue weighted by Gasteiger charge is 2.25. The molecule has 0 aromatic heterocycles. The monoisotopic (exact) mass is 246 g/mol. The molecule has 0 N–H and O–H groups in total. The maximum Gasteiger partial charge on any atom is 0.119 e. The fourth-order valence-electron chi connectivity index (χ4n) is 2.00. The Morgan fingerprint density at radius 3 is 2.89 bits per heavy atom. The normalized spacial score (nSPS) is 19.6. The molecule has 96 valence electrons. The number of methoxy groups -OCH3 is 1. The summed E-state index contributed by atoms with van der Waals surface area (Å²) in [5.74, 6) is 0.708. The number of ether oxygens (including phenoxy) is 3. The van der Waals surface area contributed by atoms with Crippen molar-refractivity contribution in [2.45, 2.75) is 32.0 Å². The number of benzene rings is 1. The fourth-order valence-corrected chi connectivity index (χ4v) is 2.00. The largest absolute Gasteiger partial charge is 0.497 e. The summed E-state index contributed by atoms with van der Waals surface area (Å²) < 4.78 is 16.3. The summed E-state index contributed by atoms with van der Waals surface area (Å²) in [5.41, 5.74) is 1.69. The predicted molar refractivity (Wildman–Crippen MR) is 71.7 cm³/mol. The lowest BCUT2D eigenvalue weighted by Gasteiger charge is -2.21. The molecule has 1 aliphatic heterocycles. The molecule has 0 saturated carbocycles. The van der Waals surface area contributed by atoms with Crippen molar-refractivity contribution in [3.05, 3.63) is 23.8 Å². The van der Waals surface area contributed by atoms with E-state index in [1.807, 2.05) is 18.2 Å². The van der Waals surface area contributed by atoms with Gasteiger partial charge in [0.15, 0.2) is 0 Å². The van der Waals surface area contributed by atoms with Crippen molar-refractivity contribution in [1.29, 1.82) is 0 Å². The lowest BCUT2D eigenvalue weighted by atomic mass is 9.86. The van der Waals surface area contributed by atoms with E-state index < -0.39 is 0 Å². The van der Waals surface area contributed by atoms with Crippen LogP contribution in [0.5, 0.6) is 5.75 Å². The molecule has 1 aromatic carbocycles. The van der Waals surface area contributed by atoms with Gasteiger partial charge in [-0.1, -0.05) is 25.5 Å². The Labute approximate surface area is 110 Å². The first-order valence-electron chi connectivity index (χ1n) is 6.41. The van der Waals surface area contributed by atoms with Gasteiger partial charge >= 0.3 is 0 Å². The van der Waals surface area contributed by atoms with Crippen molar-refractivity contribution >= 4 is 13.3 Å². The van der Waals surface area contributed by atoms with Gasteiger partial charge in [-0.2, -0.15) is 0 Å². The topological polar surface area (TPSA) is 31.0 Å². The standard InChI is InChI=1S/C14H19BO3/c1-3-5-12(18-9-10-8-17-10)11-6-4-7-13(16-2)14(11)15/h4,6-7,10,12H,3,5,8-9H2,1-2H3/t10?,12-/m1/s1. The van der Waals surface area contributed by atoms with Crippen LogP contribution in [0, 0.1) is 0 Å². The van der Waals surface area contributed by atoms with Crippen molar-refractivity contribution in [2.75, 3.05) is 20.3 Å². The molecule has 4 heteroatoms. The Morgan fingerprint density at radius 1 is 1.50 bits per heavy atom. The molecule has 1 fully saturated rings. The molecule has 0 spiro atoms. The van der Waals surface area contributed by atoms with Gasteiger partial charge in [0.2, 0.25) is 0 Å². The highest BCUT2D eigenvalue weighted by Crippen LogP contribution is 2.25. The van der Waals surface area contributed by atoms with Gasteiger partial charge in [0, 0.05) is 0 Å². The Bertz CT molecular complexity index is 391. The van der Waals surface area contributed by atoms with Gasteiger partial charge in [-0.15, -0.1) is 0 Å². The van der Waals surface area contributed by atoms with E-state index in [0.29, 0.717) is 17.8 Å². The second-order valence-electron chi connectivity index (χ2n) is 4.53. The van der Waals surface area contributed by atoms with Crippen LogP contribution in [-0.2, 0) is 9.47 Å². The first-order chi connectivity index (χ1) is 8.76. The Kier molecular flexibility index (Phi) is 4.67. The quantitative estimate of drug-likeness (QED) is 0.542. The molecule has 18 heavy (non-hydrogen) atoms. The van der Waals surface area contributed by atoms with Crippen molar-refractivity contribution < 1.29 is 14.2 Å².